The zero-order chi connectivity index (χ0) is 20.1. The molecule has 0 aliphatic carbocycles. The van der Waals surface area contributed by atoms with Crippen molar-refractivity contribution < 1.29 is 0 Å². The number of aromatic nitrogens is 3. The van der Waals surface area contributed by atoms with E-state index < -0.39 is 0 Å². The Morgan fingerprint density at radius 3 is 2.30 bits per heavy atom. The van der Waals surface area contributed by atoms with Crippen molar-refractivity contribution in [3.8, 4) is 22.6 Å². The quantitative estimate of drug-likeness (QED) is 0.314. The van der Waals surface area contributed by atoms with Crippen molar-refractivity contribution in [2.24, 2.45) is 7.05 Å². The second-order valence-corrected chi connectivity index (χ2v) is 7.62. The number of imidazole rings is 1. The van der Waals surface area contributed by atoms with E-state index in [2.05, 4.69) is 90.5 Å². The smallest absolute Gasteiger partial charge is 0.140 e. The van der Waals surface area contributed by atoms with E-state index in [0.29, 0.717) is 0 Å². The number of nitrogens with zero attached hydrogens (tertiary/aromatic N) is 3. The summed E-state index contributed by atoms with van der Waals surface area (Å²) >= 11 is 0. The topological polar surface area (TPSA) is 30.7 Å². The Bertz CT molecular complexity index is 1550. The molecule has 0 saturated carbocycles. The fraction of sp³-hybridized carbons (Fsp3) is 0.0370. The second kappa shape index (κ2) is 6.53. The summed E-state index contributed by atoms with van der Waals surface area (Å²) in [5.74, 6) is 0.972. The lowest BCUT2D eigenvalue weighted by atomic mass is 10.0. The number of benzene rings is 4. The van der Waals surface area contributed by atoms with Gasteiger partial charge in [0.1, 0.15) is 5.82 Å². The molecule has 30 heavy (non-hydrogen) atoms. The van der Waals surface area contributed by atoms with Crippen LogP contribution >= 0.6 is 0 Å². The SMILES string of the molecule is Cn1c(-c2ccccc2)nc2cc(-c3ccc4ccc5ccccc5c4n3)ccc21. The Morgan fingerprint density at radius 2 is 1.40 bits per heavy atom. The van der Waals surface area contributed by atoms with Gasteiger partial charge in [-0.05, 0) is 23.6 Å². The summed E-state index contributed by atoms with van der Waals surface area (Å²) < 4.78 is 2.15. The van der Waals surface area contributed by atoms with Gasteiger partial charge in [-0.3, -0.25) is 0 Å². The summed E-state index contributed by atoms with van der Waals surface area (Å²) in [6.07, 6.45) is 0. The maximum absolute atomic E-state index is 5.03. The molecular weight excluding hydrogens is 366 g/mol. The highest BCUT2D eigenvalue weighted by Gasteiger charge is 2.12. The van der Waals surface area contributed by atoms with Crippen LogP contribution in [0.2, 0.25) is 0 Å². The molecule has 2 aromatic heterocycles. The highest BCUT2D eigenvalue weighted by Crippen LogP contribution is 2.30. The van der Waals surface area contributed by atoms with Gasteiger partial charge in [0.05, 0.1) is 22.2 Å². The predicted octanol–water partition coefficient (Wildman–Crippen LogP) is 6.61. The first-order valence-electron chi connectivity index (χ1n) is 10.1. The summed E-state index contributed by atoms with van der Waals surface area (Å²) in [6.45, 7) is 0. The molecule has 0 amide bonds. The Morgan fingerprint density at radius 1 is 0.633 bits per heavy atom. The Labute approximate surface area is 174 Å². The normalized spacial score (nSPS) is 11.5. The van der Waals surface area contributed by atoms with E-state index in [-0.39, 0.29) is 0 Å². The van der Waals surface area contributed by atoms with Gasteiger partial charge >= 0.3 is 0 Å². The third-order valence-electron chi connectivity index (χ3n) is 5.79. The monoisotopic (exact) mass is 385 g/mol. The molecule has 2 heterocycles. The van der Waals surface area contributed by atoms with Crippen molar-refractivity contribution in [1.29, 1.82) is 0 Å². The predicted molar refractivity (Wildman–Crippen MR) is 124 cm³/mol. The van der Waals surface area contributed by atoms with Gasteiger partial charge in [-0.15, -0.1) is 0 Å². The fourth-order valence-electron chi connectivity index (χ4n) is 4.22. The summed E-state index contributed by atoms with van der Waals surface area (Å²) in [7, 11) is 2.07. The van der Waals surface area contributed by atoms with Crippen molar-refractivity contribution in [3.05, 3.63) is 97.1 Å². The van der Waals surface area contributed by atoms with E-state index in [1.807, 2.05) is 18.2 Å². The standard InChI is InChI=1S/C27H19N3/c1-30-25-16-14-21(17-24(25)29-27(30)20-8-3-2-4-9-20)23-15-13-19-12-11-18-7-5-6-10-22(18)26(19)28-23/h2-17H,1H3. The largest absolute Gasteiger partial charge is 0.327 e. The maximum atomic E-state index is 5.03. The molecule has 3 nitrogen and oxygen atoms in total. The van der Waals surface area contributed by atoms with Crippen LogP contribution < -0.4 is 0 Å². The molecule has 6 aromatic rings. The first-order valence-corrected chi connectivity index (χ1v) is 10.1. The number of fused-ring (bicyclic) bond motifs is 4. The van der Waals surface area contributed by atoms with Crippen LogP contribution in [-0.4, -0.2) is 14.5 Å². The van der Waals surface area contributed by atoms with Crippen LogP contribution in [-0.2, 0) is 7.05 Å². The van der Waals surface area contributed by atoms with Crippen LogP contribution in [0.3, 0.4) is 0 Å². The van der Waals surface area contributed by atoms with Crippen molar-refractivity contribution in [2.45, 2.75) is 0 Å². The summed E-state index contributed by atoms with van der Waals surface area (Å²) in [4.78, 5) is 9.95. The van der Waals surface area contributed by atoms with Gasteiger partial charge in [-0.2, -0.15) is 0 Å². The average molecular weight is 385 g/mol. The van der Waals surface area contributed by atoms with Crippen LogP contribution in [0.4, 0.5) is 0 Å². The number of rotatable bonds is 2. The molecule has 0 bridgehead atoms. The lowest BCUT2D eigenvalue weighted by Gasteiger charge is -2.07. The molecule has 6 rings (SSSR count). The molecule has 142 valence electrons. The third kappa shape index (κ3) is 2.60. The lowest BCUT2D eigenvalue weighted by Crippen LogP contribution is -1.92. The summed E-state index contributed by atoms with van der Waals surface area (Å²) in [6, 6.07) is 33.7. The zero-order valence-electron chi connectivity index (χ0n) is 16.6. The zero-order valence-corrected chi connectivity index (χ0v) is 16.6. The van der Waals surface area contributed by atoms with E-state index in [4.69, 9.17) is 9.97 Å². The maximum Gasteiger partial charge on any atom is 0.140 e. The molecular formula is C27H19N3. The van der Waals surface area contributed by atoms with Gasteiger partial charge in [0, 0.05) is 28.9 Å². The number of hydrogen-bond donors (Lipinski definition) is 0. The number of aryl methyl sites for hydroxylation is 1. The van der Waals surface area contributed by atoms with E-state index >= 15 is 0 Å². The molecule has 0 aliphatic heterocycles. The van der Waals surface area contributed by atoms with Crippen molar-refractivity contribution in [1.82, 2.24) is 14.5 Å². The molecule has 0 saturated heterocycles. The Kier molecular flexibility index (Phi) is 3.68. The minimum absolute atomic E-state index is 0.965. The highest BCUT2D eigenvalue weighted by molar-refractivity contribution is 6.05. The molecule has 0 spiro atoms. The Balaban J connectivity index is 1.52. The van der Waals surface area contributed by atoms with E-state index in [0.717, 1.165) is 44.6 Å². The van der Waals surface area contributed by atoms with E-state index in [1.165, 1.54) is 10.8 Å². The number of hydrogen-bond acceptors (Lipinski definition) is 2. The van der Waals surface area contributed by atoms with E-state index in [1.54, 1.807) is 0 Å². The van der Waals surface area contributed by atoms with Crippen LogP contribution in [0.1, 0.15) is 0 Å². The van der Waals surface area contributed by atoms with Gasteiger partial charge in [0.2, 0.25) is 0 Å². The molecule has 0 atom stereocenters. The molecule has 0 aliphatic rings. The second-order valence-electron chi connectivity index (χ2n) is 7.62. The fourth-order valence-corrected chi connectivity index (χ4v) is 4.22. The van der Waals surface area contributed by atoms with Gasteiger partial charge in [-0.1, -0.05) is 78.9 Å². The molecule has 0 fully saturated rings. The molecule has 0 N–H and O–H groups in total. The minimum Gasteiger partial charge on any atom is -0.327 e. The van der Waals surface area contributed by atoms with Gasteiger partial charge in [0.15, 0.2) is 0 Å². The van der Waals surface area contributed by atoms with Crippen molar-refractivity contribution in [3.63, 3.8) is 0 Å². The first-order chi connectivity index (χ1) is 14.8. The summed E-state index contributed by atoms with van der Waals surface area (Å²) in [5, 5.41) is 3.55. The van der Waals surface area contributed by atoms with Crippen LogP contribution in [0, 0.1) is 0 Å². The van der Waals surface area contributed by atoms with Gasteiger partial charge in [-0.25, -0.2) is 9.97 Å². The molecule has 4 aromatic carbocycles. The highest BCUT2D eigenvalue weighted by atomic mass is 15.1. The number of pyridine rings is 1. The molecule has 0 unspecified atom stereocenters. The lowest BCUT2D eigenvalue weighted by molar-refractivity contribution is 0.959. The van der Waals surface area contributed by atoms with Crippen molar-refractivity contribution in [2.75, 3.05) is 0 Å². The summed E-state index contributed by atoms with van der Waals surface area (Å²) in [5.41, 5.74) is 6.30. The van der Waals surface area contributed by atoms with Crippen LogP contribution in [0.5, 0.6) is 0 Å². The van der Waals surface area contributed by atoms with Gasteiger partial charge < -0.3 is 4.57 Å². The van der Waals surface area contributed by atoms with E-state index in [9.17, 15) is 0 Å². The average Bonchev–Trinajstić information content (AvgIpc) is 3.15. The van der Waals surface area contributed by atoms with Gasteiger partial charge in [0.25, 0.3) is 0 Å². The van der Waals surface area contributed by atoms with Crippen LogP contribution in [0.25, 0.3) is 55.4 Å². The van der Waals surface area contributed by atoms with Crippen LogP contribution in [0.15, 0.2) is 97.1 Å². The third-order valence-corrected chi connectivity index (χ3v) is 5.79. The minimum atomic E-state index is 0.965. The Hall–Kier alpha value is -3.98. The van der Waals surface area contributed by atoms with Crippen molar-refractivity contribution >= 4 is 32.7 Å². The molecule has 3 heteroatoms. The molecule has 0 radical (unpaired) electrons. The first kappa shape index (κ1) is 16.9.